The molecule has 0 saturated carbocycles. The van der Waals surface area contributed by atoms with Crippen molar-refractivity contribution in [1.82, 2.24) is 9.97 Å². The van der Waals surface area contributed by atoms with Crippen LogP contribution in [-0.4, -0.2) is 21.9 Å². The highest BCUT2D eigenvalue weighted by atomic mass is 16.1. The second-order valence-corrected chi connectivity index (χ2v) is 6.88. The van der Waals surface area contributed by atoms with E-state index in [0.29, 0.717) is 17.3 Å². The Morgan fingerprint density at radius 1 is 0.926 bits per heavy atom. The number of benzene rings is 2. The molecular weight excluding hydrogens is 336 g/mol. The molecule has 5 nitrogen and oxygen atoms in total. The Kier molecular flexibility index (Phi) is 5.50. The van der Waals surface area contributed by atoms with Gasteiger partial charge in [0, 0.05) is 23.4 Å². The first kappa shape index (κ1) is 18.6. The van der Waals surface area contributed by atoms with Gasteiger partial charge in [-0.1, -0.05) is 36.4 Å². The number of nitrogens with zero attached hydrogens (tertiary/aromatic N) is 2. The van der Waals surface area contributed by atoms with E-state index in [1.807, 2.05) is 76.2 Å². The molecule has 0 bridgehead atoms. The lowest BCUT2D eigenvalue weighted by molar-refractivity contribution is 0.102. The van der Waals surface area contributed by atoms with Crippen molar-refractivity contribution in [3.63, 3.8) is 0 Å². The van der Waals surface area contributed by atoms with Gasteiger partial charge in [-0.05, 0) is 51.0 Å². The zero-order valence-electron chi connectivity index (χ0n) is 16.1. The van der Waals surface area contributed by atoms with E-state index in [0.717, 1.165) is 16.8 Å². The first-order valence-corrected chi connectivity index (χ1v) is 9.02. The number of amides is 1. The molecule has 0 saturated heterocycles. The predicted octanol–water partition coefficient (Wildman–Crippen LogP) is 4.83. The van der Waals surface area contributed by atoms with Crippen LogP contribution in [0.15, 0.2) is 54.6 Å². The van der Waals surface area contributed by atoms with Crippen molar-refractivity contribution in [1.29, 1.82) is 0 Å². The van der Waals surface area contributed by atoms with Gasteiger partial charge in [0.1, 0.15) is 11.5 Å². The number of carbonyl (C=O) groups is 1. The standard InChI is InChI=1S/C22H24N4O/c1-14(2)23-20-13-19(25-21(26-20)17-8-6-5-7-9-17)22(27)24-18-11-10-15(3)16(4)12-18/h5-14H,1-4H3,(H,24,27)(H,23,25,26). The monoisotopic (exact) mass is 360 g/mol. The molecule has 1 heterocycles. The highest BCUT2D eigenvalue weighted by Crippen LogP contribution is 2.20. The van der Waals surface area contributed by atoms with Crippen molar-refractivity contribution >= 4 is 17.4 Å². The molecule has 0 aliphatic carbocycles. The first-order chi connectivity index (χ1) is 12.9. The summed E-state index contributed by atoms with van der Waals surface area (Å²) in [6.07, 6.45) is 0. The summed E-state index contributed by atoms with van der Waals surface area (Å²) < 4.78 is 0. The van der Waals surface area contributed by atoms with Crippen molar-refractivity contribution in [2.75, 3.05) is 10.6 Å². The van der Waals surface area contributed by atoms with E-state index in [4.69, 9.17) is 0 Å². The second kappa shape index (κ2) is 7.99. The summed E-state index contributed by atoms with van der Waals surface area (Å²) in [6.45, 7) is 8.12. The summed E-state index contributed by atoms with van der Waals surface area (Å²) in [4.78, 5) is 21.8. The van der Waals surface area contributed by atoms with E-state index in [2.05, 4.69) is 20.6 Å². The maximum atomic E-state index is 12.8. The maximum absolute atomic E-state index is 12.8. The Labute approximate surface area is 159 Å². The SMILES string of the molecule is Cc1ccc(NC(=O)c2cc(NC(C)C)nc(-c3ccccc3)n2)cc1C. The fourth-order valence-electron chi connectivity index (χ4n) is 2.66. The molecule has 27 heavy (non-hydrogen) atoms. The fraction of sp³-hybridized carbons (Fsp3) is 0.227. The molecule has 1 amide bonds. The van der Waals surface area contributed by atoms with E-state index < -0.39 is 0 Å². The van der Waals surface area contributed by atoms with E-state index >= 15 is 0 Å². The lowest BCUT2D eigenvalue weighted by Gasteiger charge is -2.13. The number of hydrogen-bond acceptors (Lipinski definition) is 4. The third kappa shape index (κ3) is 4.70. The van der Waals surface area contributed by atoms with Gasteiger partial charge in [0.2, 0.25) is 0 Å². The molecule has 0 fully saturated rings. The van der Waals surface area contributed by atoms with Gasteiger partial charge in [0.25, 0.3) is 5.91 Å². The number of carbonyl (C=O) groups excluding carboxylic acids is 1. The van der Waals surface area contributed by atoms with Crippen molar-refractivity contribution in [3.05, 3.63) is 71.4 Å². The molecule has 5 heteroatoms. The van der Waals surface area contributed by atoms with Crippen molar-refractivity contribution < 1.29 is 4.79 Å². The molecule has 0 spiro atoms. The summed E-state index contributed by atoms with van der Waals surface area (Å²) in [5.41, 5.74) is 4.25. The summed E-state index contributed by atoms with van der Waals surface area (Å²) in [7, 11) is 0. The van der Waals surface area contributed by atoms with Crippen molar-refractivity contribution in [2.24, 2.45) is 0 Å². The molecular formula is C22H24N4O. The van der Waals surface area contributed by atoms with E-state index in [-0.39, 0.29) is 11.9 Å². The van der Waals surface area contributed by atoms with E-state index in [1.54, 1.807) is 6.07 Å². The summed E-state index contributed by atoms with van der Waals surface area (Å²) >= 11 is 0. The van der Waals surface area contributed by atoms with Crippen LogP contribution in [0.3, 0.4) is 0 Å². The van der Waals surface area contributed by atoms with Crippen LogP contribution in [0.25, 0.3) is 11.4 Å². The lowest BCUT2D eigenvalue weighted by Crippen LogP contribution is -2.17. The first-order valence-electron chi connectivity index (χ1n) is 9.02. The zero-order valence-corrected chi connectivity index (χ0v) is 16.1. The third-order valence-corrected chi connectivity index (χ3v) is 4.19. The molecule has 3 aromatic rings. The minimum absolute atomic E-state index is 0.194. The number of anilines is 2. The topological polar surface area (TPSA) is 66.9 Å². The van der Waals surface area contributed by atoms with Gasteiger partial charge in [-0.15, -0.1) is 0 Å². The van der Waals surface area contributed by atoms with Crippen molar-refractivity contribution in [2.45, 2.75) is 33.7 Å². The normalized spacial score (nSPS) is 10.7. The molecule has 3 rings (SSSR count). The van der Waals surface area contributed by atoms with Crippen LogP contribution in [0.2, 0.25) is 0 Å². The number of aromatic nitrogens is 2. The average Bonchev–Trinajstić information content (AvgIpc) is 2.64. The Morgan fingerprint density at radius 3 is 2.33 bits per heavy atom. The van der Waals surface area contributed by atoms with Gasteiger partial charge in [-0.25, -0.2) is 9.97 Å². The largest absolute Gasteiger partial charge is 0.368 e. The van der Waals surface area contributed by atoms with Crippen LogP contribution in [0.4, 0.5) is 11.5 Å². The molecule has 0 atom stereocenters. The highest BCUT2D eigenvalue weighted by molar-refractivity contribution is 6.03. The summed E-state index contributed by atoms with van der Waals surface area (Å²) in [6, 6.07) is 17.4. The number of rotatable bonds is 5. The molecule has 138 valence electrons. The van der Waals surface area contributed by atoms with Gasteiger partial charge >= 0.3 is 0 Å². The van der Waals surface area contributed by atoms with Gasteiger partial charge in [0.15, 0.2) is 5.82 Å². The number of aryl methyl sites for hydroxylation is 2. The Hall–Kier alpha value is -3.21. The van der Waals surface area contributed by atoms with E-state index in [9.17, 15) is 4.79 Å². The van der Waals surface area contributed by atoms with Crippen LogP contribution in [-0.2, 0) is 0 Å². The third-order valence-electron chi connectivity index (χ3n) is 4.19. The predicted molar refractivity (Wildman–Crippen MR) is 110 cm³/mol. The lowest BCUT2D eigenvalue weighted by atomic mass is 10.1. The fourth-order valence-corrected chi connectivity index (χ4v) is 2.66. The summed E-state index contributed by atoms with van der Waals surface area (Å²) in [5, 5.41) is 6.19. The molecule has 1 aromatic heterocycles. The highest BCUT2D eigenvalue weighted by Gasteiger charge is 2.14. The maximum Gasteiger partial charge on any atom is 0.274 e. The van der Waals surface area contributed by atoms with Gasteiger partial charge in [-0.3, -0.25) is 4.79 Å². The average molecular weight is 360 g/mol. The van der Waals surface area contributed by atoms with Crippen LogP contribution in [0.5, 0.6) is 0 Å². The minimum Gasteiger partial charge on any atom is -0.368 e. The number of hydrogen-bond donors (Lipinski definition) is 2. The van der Waals surface area contributed by atoms with Crippen LogP contribution in [0.1, 0.15) is 35.5 Å². The molecule has 0 unspecified atom stereocenters. The second-order valence-electron chi connectivity index (χ2n) is 6.88. The molecule has 0 radical (unpaired) electrons. The van der Waals surface area contributed by atoms with Gasteiger partial charge in [-0.2, -0.15) is 0 Å². The van der Waals surface area contributed by atoms with Gasteiger partial charge in [0.05, 0.1) is 0 Å². The molecule has 0 aliphatic rings. The van der Waals surface area contributed by atoms with Crippen LogP contribution >= 0.6 is 0 Å². The van der Waals surface area contributed by atoms with E-state index in [1.165, 1.54) is 5.56 Å². The Morgan fingerprint density at radius 2 is 1.67 bits per heavy atom. The number of nitrogens with one attached hydrogen (secondary N) is 2. The smallest absolute Gasteiger partial charge is 0.274 e. The zero-order chi connectivity index (χ0) is 19.4. The Balaban J connectivity index is 1.95. The van der Waals surface area contributed by atoms with Crippen LogP contribution in [0, 0.1) is 13.8 Å². The quantitative estimate of drug-likeness (QED) is 0.684. The van der Waals surface area contributed by atoms with Crippen molar-refractivity contribution in [3.8, 4) is 11.4 Å². The summed E-state index contributed by atoms with van der Waals surface area (Å²) in [5.74, 6) is 0.889. The van der Waals surface area contributed by atoms with Gasteiger partial charge < -0.3 is 10.6 Å². The molecule has 2 aromatic carbocycles. The molecule has 2 N–H and O–H groups in total. The van der Waals surface area contributed by atoms with Crippen LogP contribution < -0.4 is 10.6 Å². The molecule has 0 aliphatic heterocycles. The minimum atomic E-state index is -0.260. The Bertz CT molecular complexity index is 952.